The number of hydrogen-bond acceptors (Lipinski definition) is 2. The van der Waals surface area contributed by atoms with Gasteiger partial charge in [0.1, 0.15) is 0 Å². The first-order valence-corrected chi connectivity index (χ1v) is 8.15. The van der Waals surface area contributed by atoms with E-state index in [0.29, 0.717) is 23.4 Å². The van der Waals surface area contributed by atoms with Crippen molar-refractivity contribution in [2.45, 2.75) is 72.7 Å². The summed E-state index contributed by atoms with van der Waals surface area (Å²) in [6.45, 7) is 14.6. The van der Waals surface area contributed by atoms with Gasteiger partial charge in [0.2, 0.25) is 0 Å². The summed E-state index contributed by atoms with van der Waals surface area (Å²) in [5.41, 5.74) is 2.13. The Morgan fingerprint density at radius 2 is 1.85 bits per heavy atom. The average Bonchev–Trinajstić information content (AvgIpc) is 2.41. The summed E-state index contributed by atoms with van der Waals surface area (Å²) in [5.74, 6) is 0.754. The lowest BCUT2D eigenvalue weighted by Gasteiger charge is -2.59. The molecule has 0 bridgehead atoms. The van der Waals surface area contributed by atoms with Crippen LogP contribution >= 0.6 is 0 Å². The van der Waals surface area contributed by atoms with Crippen LogP contribution in [0.15, 0.2) is 11.6 Å². The van der Waals surface area contributed by atoms with Crippen molar-refractivity contribution >= 4 is 0 Å². The fraction of sp³-hybridized carbons (Fsp3) is 0.889. The van der Waals surface area contributed by atoms with Crippen LogP contribution in [0, 0.1) is 22.7 Å². The molecule has 2 nitrogen and oxygen atoms in total. The van der Waals surface area contributed by atoms with Gasteiger partial charge in [0.15, 0.2) is 5.79 Å². The molecule has 20 heavy (non-hydrogen) atoms. The van der Waals surface area contributed by atoms with E-state index in [1.165, 1.54) is 18.4 Å². The molecule has 114 valence electrons. The second-order valence-electron chi connectivity index (χ2n) is 8.50. The van der Waals surface area contributed by atoms with Crippen LogP contribution < -0.4 is 0 Å². The molecule has 1 saturated heterocycles. The van der Waals surface area contributed by atoms with Crippen molar-refractivity contribution in [2.75, 3.05) is 6.61 Å². The van der Waals surface area contributed by atoms with Crippen LogP contribution in [-0.2, 0) is 9.47 Å². The van der Waals surface area contributed by atoms with Crippen LogP contribution in [0.5, 0.6) is 0 Å². The second-order valence-corrected chi connectivity index (χ2v) is 8.50. The number of hydrogen-bond donors (Lipinski definition) is 0. The van der Waals surface area contributed by atoms with E-state index in [-0.39, 0.29) is 5.41 Å². The molecule has 0 aromatic carbocycles. The predicted molar refractivity (Wildman–Crippen MR) is 81.4 cm³/mol. The Morgan fingerprint density at radius 1 is 1.15 bits per heavy atom. The molecule has 0 spiro atoms. The van der Waals surface area contributed by atoms with E-state index in [0.717, 1.165) is 13.0 Å². The molecule has 0 aromatic heterocycles. The summed E-state index contributed by atoms with van der Waals surface area (Å²) in [7, 11) is 0. The predicted octanol–water partition coefficient (Wildman–Crippen LogP) is 4.55. The Labute approximate surface area is 123 Å². The third-order valence-electron chi connectivity index (χ3n) is 6.44. The molecule has 3 aliphatic rings. The quantitative estimate of drug-likeness (QED) is 0.605. The molecule has 0 N–H and O–H groups in total. The summed E-state index contributed by atoms with van der Waals surface area (Å²) in [6.07, 6.45) is 6.41. The van der Waals surface area contributed by atoms with Gasteiger partial charge in [-0.2, -0.15) is 0 Å². The van der Waals surface area contributed by atoms with Crippen molar-refractivity contribution in [1.82, 2.24) is 0 Å². The molecule has 2 aliphatic carbocycles. The zero-order valence-electron chi connectivity index (χ0n) is 14.0. The van der Waals surface area contributed by atoms with Gasteiger partial charge in [0, 0.05) is 11.3 Å². The SMILES string of the molecule is CC1=CC[C@@H]2C(C)(C)CC[C@@H]3OC(C)(C)OC[C@H]1[C@@]32C. The smallest absolute Gasteiger partial charge is 0.163 e. The summed E-state index contributed by atoms with van der Waals surface area (Å²) in [4.78, 5) is 0. The van der Waals surface area contributed by atoms with Crippen LogP contribution in [0.1, 0.15) is 60.8 Å². The van der Waals surface area contributed by atoms with Crippen molar-refractivity contribution in [3.8, 4) is 0 Å². The molecule has 0 radical (unpaired) electrons. The molecule has 2 heteroatoms. The van der Waals surface area contributed by atoms with Gasteiger partial charge in [-0.25, -0.2) is 0 Å². The molecule has 1 saturated carbocycles. The standard InChI is InChI=1S/C18H30O2/c1-12-7-8-14-16(2,3)10-9-15-18(14,6)13(12)11-19-17(4,5)20-15/h7,13-15H,8-11H2,1-6H3/t13-,14-,15+,18-/m1/s1. The monoisotopic (exact) mass is 278 g/mol. The highest BCUT2D eigenvalue weighted by molar-refractivity contribution is 5.21. The molecule has 0 aromatic rings. The van der Waals surface area contributed by atoms with Crippen LogP contribution in [0.3, 0.4) is 0 Å². The molecular formula is C18H30O2. The van der Waals surface area contributed by atoms with Gasteiger partial charge >= 0.3 is 0 Å². The van der Waals surface area contributed by atoms with E-state index in [2.05, 4.69) is 47.6 Å². The third kappa shape index (κ3) is 1.99. The third-order valence-corrected chi connectivity index (χ3v) is 6.44. The Balaban J connectivity index is 2.08. The number of allylic oxidation sites excluding steroid dienone is 1. The van der Waals surface area contributed by atoms with Gasteiger partial charge < -0.3 is 9.47 Å². The Kier molecular flexibility index (Phi) is 3.16. The zero-order chi connectivity index (χ0) is 14.8. The Hall–Kier alpha value is -0.340. The minimum Gasteiger partial charge on any atom is -0.350 e. The van der Waals surface area contributed by atoms with Crippen LogP contribution in [-0.4, -0.2) is 18.5 Å². The lowest BCUT2D eigenvalue weighted by molar-refractivity contribution is -0.248. The normalized spacial score (nSPS) is 46.1. The minimum absolute atomic E-state index is 0.217. The minimum atomic E-state index is -0.447. The van der Waals surface area contributed by atoms with Crippen molar-refractivity contribution in [1.29, 1.82) is 0 Å². The van der Waals surface area contributed by atoms with Crippen molar-refractivity contribution in [3.63, 3.8) is 0 Å². The van der Waals surface area contributed by atoms with E-state index < -0.39 is 5.79 Å². The molecule has 1 aliphatic heterocycles. The van der Waals surface area contributed by atoms with Crippen molar-refractivity contribution in [3.05, 3.63) is 11.6 Å². The summed E-state index contributed by atoms with van der Waals surface area (Å²) >= 11 is 0. The Morgan fingerprint density at radius 3 is 2.55 bits per heavy atom. The average molecular weight is 278 g/mol. The van der Waals surface area contributed by atoms with Gasteiger partial charge in [0.05, 0.1) is 12.7 Å². The molecular weight excluding hydrogens is 248 g/mol. The number of ether oxygens (including phenoxy) is 2. The van der Waals surface area contributed by atoms with E-state index in [9.17, 15) is 0 Å². The highest BCUT2D eigenvalue weighted by atomic mass is 16.7. The molecule has 4 atom stereocenters. The van der Waals surface area contributed by atoms with Crippen LogP contribution in [0.25, 0.3) is 0 Å². The zero-order valence-corrected chi connectivity index (χ0v) is 14.0. The lowest BCUT2D eigenvalue weighted by Crippen LogP contribution is -2.56. The maximum absolute atomic E-state index is 6.43. The first-order valence-electron chi connectivity index (χ1n) is 8.15. The topological polar surface area (TPSA) is 18.5 Å². The number of rotatable bonds is 0. The fourth-order valence-electron chi connectivity index (χ4n) is 5.19. The van der Waals surface area contributed by atoms with Crippen molar-refractivity contribution in [2.24, 2.45) is 22.7 Å². The molecule has 1 heterocycles. The highest BCUT2D eigenvalue weighted by Crippen LogP contribution is 2.61. The molecule has 0 unspecified atom stereocenters. The maximum Gasteiger partial charge on any atom is 0.163 e. The molecule has 2 fully saturated rings. The molecule has 3 rings (SSSR count). The van der Waals surface area contributed by atoms with Gasteiger partial charge in [-0.3, -0.25) is 0 Å². The van der Waals surface area contributed by atoms with E-state index in [1.807, 2.05) is 0 Å². The van der Waals surface area contributed by atoms with Crippen LogP contribution in [0.4, 0.5) is 0 Å². The highest BCUT2D eigenvalue weighted by Gasteiger charge is 2.59. The first kappa shape index (κ1) is 14.6. The van der Waals surface area contributed by atoms with Gasteiger partial charge in [-0.05, 0) is 51.4 Å². The van der Waals surface area contributed by atoms with Gasteiger partial charge in [-0.15, -0.1) is 0 Å². The van der Waals surface area contributed by atoms with E-state index in [4.69, 9.17) is 9.47 Å². The van der Waals surface area contributed by atoms with E-state index >= 15 is 0 Å². The lowest BCUT2D eigenvalue weighted by atomic mass is 9.48. The summed E-state index contributed by atoms with van der Waals surface area (Å²) < 4.78 is 12.5. The Bertz CT molecular complexity index is 435. The first-order chi connectivity index (χ1) is 9.17. The van der Waals surface area contributed by atoms with Crippen LogP contribution in [0.2, 0.25) is 0 Å². The summed E-state index contributed by atoms with van der Waals surface area (Å²) in [5, 5.41) is 0. The second kappa shape index (κ2) is 4.33. The van der Waals surface area contributed by atoms with Gasteiger partial charge in [0.25, 0.3) is 0 Å². The maximum atomic E-state index is 6.43. The van der Waals surface area contributed by atoms with E-state index in [1.54, 1.807) is 0 Å². The fourth-order valence-corrected chi connectivity index (χ4v) is 5.19. The van der Waals surface area contributed by atoms with Crippen molar-refractivity contribution < 1.29 is 9.47 Å². The van der Waals surface area contributed by atoms with Gasteiger partial charge in [-0.1, -0.05) is 32.4 Å². The summed E-state index contributed by atoms with van der Waals surface area (Å²) in [6, 6.07) is 0. The largest absolute Gasteiger partial charge is 0.350 e. The molecule has 0 amide bonds.